The summed E-state index contributed by atoms with van der Waals surface area (Å²) in [5.74, 6) is -0.463. The lowest BCUT2D eigenvalue weighted by Gasteiger charge is -2.33. The van der Waals surface area contributed by atoms with Gasteiger partial charge in [-0.15, -0.1) is 0 Å². The summed E-state index contributed by atoms with van der Waals surface area (Å²) in [6, 6.07) is 5.80. The molecule has 0 radical (unpaired) electrons. The minimum Gasteiger partial charge on any atom is -0.329 e. The molecule has 21 heavy (non-hydrogen) atoms. The van der Waals surface area contributed by atoms with Gasteiger partial charge in [-0.05, 0) is 12.8 Å². The van der Waals surface area contributed by atoms with Crippen LogP contribution in [0.4, 0.5) is 5.69 Å². The van der Waals surface area contributed by atoms with Crippen molar-refractivity contribution in [3.63, 3.8) is 0 Å². The molecule has 118 valence electrons. The number of nitro benzene ring substituents is 1. The predicted molar refractivity (Wildman–Crippen MR) is 81.2 cm³/mol. The topological polar surface area (TPSA) is 115 Å². The Morgan fingerprint density at radius 3 is 2.43 bits per heavy atom. The normalized spacial score (nSPS) is 14.9. The average Bonchev–Trinajstić information content (AvgIpc) is 2.37. The van der Waals surface area contributed by atoms with Crippen molar-refractivity contribution in [2.45, 2.75) is 32.1 Å². The number of hydrogen-bond donors (Lipinski definition) is 2. The molecule has 0 saturated heterocycles. The van der Waals surface area contributed by atoms with Crippen molar-refractivity contribution in [3.05, 3.63) is 39.9 Å². The lowest BCUT2D eigenvalue weighted by Crippen LogP contribution is -2.55. The molecule has 1 unspecified atom stereocenters. The SMILES string of the molecule is CC(C)C(C)(CN)NS(=O)(=O)Cc1ccccc1[N+](=O)[O-]. The number of nitro groups is 1. The minimum absolute atomic E-state index is 0.0111. The second-order valence-corrected chi connectivity index (χ2v) is 7.25. The molecule has 3 N–H and O–H groups in total. The van der Waals surface area contributed by atoms with Gasteiger partial charge in [-0.2, -0.15) is 0 Å². The Bertz CT molecular complexity index is 616. The minimum atomic E-state index is -3.74. The summed E-state index contributed by atoms with van der Waals surface area (Å²) in [6.07, 6.45) is 0. The van der Waals surface area contributed by atoms with Crippen molar-refractivity contribution < 1.29 is 13.3 Å². The Morgan fingerprint density at radius 1 is 1.38 bits per heavy atom. The van der Waals surface area contributed by atoms with Gasteiger partial charge in [0.1, 0.15) is 0 Å². The highest BCUT2D eigenvalue weighted by Gasteiger charge is 2.32. The van der Waals surface area contributed by atoms with Gasteiger partial charge in [0.05, 0.1) is 10.7 Å². The van der Waals surface area contributed by atoms with Gasteiger partial charge < -0.3 is 5.73 Å². The first kappa shape index (κ1) is 17.5. The molecule has 0 heterocycles. The molecule has 8 heteroatoms. The number of nitrogens with two attached hydrogens (primary N) is 1. The van der Waals surface area contributed by atoms with E-state index < -0.39 is 26.2 Å². The van der Waals surface area contributed by atoms with E-state index in [0.29, 0.717) is 0 Å². The van der Waals surface area contributed by atoms with Crippen LogP contribution in [0.2, 0.25) is 0 Å². The molecule has 0 saturated carbocycles. The molecule has 0 amide bonds. The Hall–Kier alpha value is -1.51. The van der Waals surface area contributed by atoms with Crippen molar-refractivity contribution in [2.24, 2.45) is 11.7 Å². The van der Waals surface area contributed by atoms with Gasteiger partial charge in [-0.25, -0.2) is 13.1 Å². The monoisotopic (exact) mass is 315 g/mol. The van der Waals surface area contributed by atoms with Crippen molar-refractivity contribution in [1.82, 2.24) is 4.72 Å². The molecule has 1 aromatic rings. The van der Waals surface area contributed by atoms with E-state index in [1.807, 2.05) is 13.8 Å². The van der Waals surface area contributed by atoms with E-state index in [1.54, 1.807) is 13.0 Å². The van der Waals surface area contributed by atoms with Gasteiger partial charge in [0, 0.05) is 23.7 Å². The molecular formula is C13H21N3O4S. The summed E-state index contributed by atoms with van der Waals surface area (Å²) < 4.78 is 27.1. The van der Waals surface area contributed by atoms with Crippen LogP contribution in [0, 0.1) is 16.0 Å². The maximum Gasteiger partial charge on any atom is 0.273 e. The summed E-state index contributed by atoms with van der Waals surface area (Å²) in [4.78, 5) is 10.3. The fraction of sp³-hybridized carbons (Fsp3) is 0.538. The Morgan fingerprint density at radius 2 is 1.95 bits per heavy atom. The maximum atomic E-state index is 12.3. The number of rotatable bonds is 7. The maximum absolute atomic E-state index is 12.3. The van der Waals surface area contributed by atoms with Crippen molar-refractivity contribution in [3.8, 4) is 0 Å². The number of sulfonamides is 1. The molecule has 0 aromatic heterocycles. The smallest absolute Gasteiger partial charge is 0.273 e. The lowest BCUT2D eigenvalue weighted by molar-refractivity contribution is -0.385. The van der Waals surface area contributed by atoms with Crippen molar-refractivity contribution in [1.29, 1.82) is 0 Å². The third-order valence-corrected chi connectivity index (χ3v) is 5.09. The van der Waals surface area contributed by atoms with Crippen molar-refractivity contribution >= 4 is 15.7 Å². The fourth-order valence-corrected chi connectivity index (χ4v) is 3.56. The molecule has 1 aromatic carbocycles. The van der Waals surface area contributed by atoms with Crippen LogP contribution in [0.5, 0.6) is 0 Å². The Balaban J connectivity index is 3.04. The van der Waals surface area contributed by atoms with Crippen LogP contribution in [-0.4, -0.2) is 25.4 Å². The first-order chi connectivity index (χ1) is 9.61. The van der Waals surface area contributed by atoms with E-state index >= 15 is 0 Å². The zero-order chi connectivity index (χ0) is 16.3. The number of nitrogens with zero attached hydrogens (tertiary/aromatic N) is 1. The number of hydrogen-bond acceptors (Lipinski definition) is 5. The molecule has 0 aliphatic rings. The summed E-state index contributed by atoms with van der Waals surface area (Å²) in [5, 5.41) is 10.9. The molecule has 7 nitrogen and oxygen atoms in total. The third-order valence-electron chi connectivity index (χ3n) is 3.62. The second-order valence-electron chi connectivity index (χ2n) is 5.52. The Kier molecular flexibility index (Phi) is 5.43. The summed E-state index contributed by atoms with van der Waals surface area (Å²) in [6.45, 7) is 5.58. The van der Waals surface area contributed by atoms with E-state index in [9.17, 15) is 18.5 Å². The first-order valence-corrected chi connectivity index (χ1v) is 8.20. The standard InChI is InChI=1S/C13H21N3O4S/c1-10(2)13(3,9-14)15-21(19,20)8-11-6-4-5-7-12(11)16(17)18/h4-7,10,15H,8-9,14H2,1-3H3. The second kappa shape index (κ2) is 6.50. The van der Waals surface area contributed by atoms with Crippen LogP contribution in [0.3, 0.4) is 0 Å². The van der Waals surface area contributed by atoms with Crippen LogP contribution < -0.4 is 10.5 Å². The van der Waals surface area contributed by atoms with Gasteiger partial charge >= 0.3 is 0 Å². The highest BCUT2D eigenvalue weighted by atomic mass is 32.2. The van der Waals surface area contributed by atoms with Crippen molar-refractivity contribution in [2.75, 3.05) is 6.54 Å². The van der Waals surface area contributed by atoms with Crippen LogP contribution in [0.25, 0.3) is 0 Å². The summed E-state index contributed by atoms with van der Waals surface area (Å²) in [5.41, 5.74) is 4.81. The quantitative estimate of drug-likeness (QED) is 0.582. The van der Waals surface area contributed by atoms with E-state index in [1.165, 1.54) is 18.2 Å². The zero-order valence-electron chi connectivity index (χ0n) is 12.4. The summed E-state index contributed by atoms with van der Waals surface area (Å²) in [7, 11) is -3.74. The summed E-state index contributed by atoms with van der Waals surface area (Å²) >= 11 is 0. The largest absolute Gasteiger partial charge is 0.329 e. The molecule has 1 rings (SSSR count). The van der Waals surface area contributed by atoms with Crippen LogP contribution in [0.15, 0.2) is 24.3 Å². The molecule has 0 fully saturated rings. The third kappa shape index (κ3) is 4.48. The Labute approximate surface area is 124 Å². The van der Waals surface area contributed by atoms with Gasteiger partial charge in [0.2, 0.25) is 10.0 Å². The fourth-order valence-electron chi connectivity index (χ4n) is 1.80. The molecular weight excluding hydrogens is 294 g/mol. The van der Waals surface area contributed by atoms with Crippen LogP contribution in [-0.2, 0) is 15.8 Å². The van der Waals surface area contributed by atoms with Crippen LogP contribution >= 0.6 is 0 Å². The highest BCUT2D eigenvalue weighted by molar-refractivity contribution is 7.88. The van der Waals surface area contributed by atoms with E-state index in [0.717, 1.165) is 0 Å². The van der Waals surface area contributed by atoms with E-state index in [2.05, 4.69) is 4.72 Å². The molecule has 0 aliphatic carbocycles. The molecule has 0 aliphatic heterocycles. The highest BCUT2D eigenvalue weighted by Crippen LogP contribution is 2.22. The molecule has 0 spiro atoms. The lowest BCUT2D eigenvalue weighted by atomic mass is 9.90. The number of benzene rings is 1. The first-order valence-electron chi connectivity index (χ1n) is 6.55. The predicted octanol–water partition coefficient (Wildman–Crippen LogP) is 1.39. The number of para-hydroxylation sites is 1. The van der Waals surface area contributed by atoms with E-state index in [4.69, 9.17) is 5.73 Å². The van der Waals surface area contributed by atoms with Gasteiger partial charge in [-0.1, -0.05) is 32.0 Å². The van der Waals surface area contributed by atoms with Gasteiger partial charge in [0.25, 0.3) is 5.69 Å². The number of nitrogens with one attached hydrogen (secondary N) is 1. The zero-order valence-corrected chi connectivity index (χ0v) is 13.2. The van der Waals surface area contributed by atoms with Gasteiger partial charge in [0.15, 0.2) is 0 Å². The molecule has 0 bridgehead atoms. The molecule has 1 atom stereocenters. The average molecular weight is 315 g/mol. The van der Waals surface area contributed by atoms with E-state index in [-0.39, 0.29) is 23.7 Å². The van der Waals surface area contributed by atoms with Gasteiger partial charge in [-0.3, -0.25) is 10.1 Å². The van der Waals surface area contributed by atoms with Crippen LogP contribution in [0.1, 0.15) is 26.3 Å².